The Kier molecular flexibility index (Phi) is 6.30. The summed E-state index contributed by atoms with van der Waals surface area (Å²) < 4.78 is 51.6. The number of nitrogens with one attached hydrogen (secondary N) is 2. The summed E-state index contributed by atoms with van der Waals surface area (Å²) in [5, 5.41) is 4.09. The normalized spacial score (nSPS) is 11.8. The lowest BCUT2D eigenvalue weighted by atomic mass is 10.1. The second kappa shape index (κ2) is 8.47. The molecule has 0 spiro atoms. The van der Waals surface area contributed by atoms with Crippen LogP contribution in [0.2, 0.25) is 0 Å². The van der Waals surface area contributed by atoms with E-state index < -0.39 is 23.9 Å². The molecule has 0 aliphatic rings. The number of aromatic nitrogens is 2. The van der Waals surface area contributed by atoms with Crippen molar-refractivity contribution in [3.63, 3.8) is 0 Å². The fourth-order valence-electron chi connectivity index (χ4n) is 2.11. The van der Waals surface area contributed by atoms with Gasteiger partial charge in [0.05, 0.1) is 5.69 Å². The fraction of sp³-hybridized carbons (Fsp3) is 0.222. The van der Waals surface area contributed by atoms with Gasteiger partial charge in [-0.1, -0.05) is 5.92 Å². The van der Waals surface area contributed by atoms with Crippen LogP contribution in [-0.4, -0.2) is 28.0 Å². The van der Waals surface area contributed by atoms with Crippen LogP contribution in [0, 0.1) is 11.8 Å². The lowest BCUT2D eigenvalue weighted by molar-refractivity contribution is -0.167. The first-order chi connectivity index (χ1) is 13.1. The topological polar surface area (TPSA) is 84.0 Å². The van der Waals surface area contributed by atoms with Crippen LogP contribution in [0.5, 0.6) is 0 Å². The Balaban J connectivity index is 2.44. The van der Waals surface area contributed by atoms with Crippen LogP contribution < -0.4 is 10.6 Å². The number of alkyl halides is 4. The SMILES string of the molecule is CC(=O)Nc1cc(C#Cc2nccc(C(C)F)c2NC(=O)C(F)(F)F)ccn1. The summed E-state index contributed by atoms with van der Waals surface area (Å²) >= 11 is 0. The molecule has 2 N–H and O–H groups in total. The first-order valence-corrected chi connectivity index (χ1v) is 7.84. The maximum atomic E-state index is 13.8. The molecular weight excluding hydrogens is 380 g/mol. The summed E-state index contributed by atoms with van der Waals surface area (Å²) in [4.78, 5) is 30.1. The van der Waals surface area contributed by atoms with Crippen molar-refractivity contribution in [2.45, 2.75) is 26.2 Å². The van der Waals surface area contributed by atoms with E-state index in [1.165, 1.54) is 31.5 Å². The van der Waals surface area contributed by atoms with Gasteiger partial charge in [-0.25, -0.2) is 14.4 Å². The van der Waals surface area contributed by atoms with E-state index in [9.17, 15) is 27.2 Å². The van der Waals surface area contributed by atoms with Crippen LogP contribution in [0.15, 0.2) is 30.6 Å². The third-order valence-electron chi connectivity index (χ3n) is 3.30. The Hall–Kier alpha value is -3.48. The summed E-state index contributed by atoms with van der Waals surface area (Å²) in [6, 6.07) is 4.08. The number of halogens is 4. The Bertz CT molecular complexity index is 962. The van der Waals surface area contributed by atoms with E-state index in [1.807, 2.05) is 0 Å². The second-order valence-corrected chi connectivity index (χ2v) is 5.55. The van der Waals surface area contributed by atoms with E-state index in [1.54, 1.807) is 5.32 Å². The fourth-order valence-corrected chi connectivity index (χ4v) is 2.11. The molecule has 2 rings (SSSR count). The highest BCUT2D eigenvalue weighted by Crippen LogP contribution is 2.29. The molecule has 0 saturated heterocycles. The van der Waals surface area contributed by atoms with Gasteiger partial charge >= 0.3 is 12.1 Å². The van der Waals surface area contributed by atoms with Crippen molar-refractivity contribution in [2.24, 2.45) is 0 Å². The van der Waals surface area contributed by atoms with Crippen molar-refractivity contribution in [3.05, 3.63) is 47.4 Å². The minimum atomic E-state index is -5.16. The number of nitrogens with zero attached hydrogens (tertiary/aromatic N) is 2. The number of carbonyl (C=O) groups excluding carboxylic acids is 2. The average Bonchev–Trinajstić information content (AvgIpc) is 2.59. The van der Waals surface area contributed by atoms with Gasteiger partial charge in [0, 0.05) is 30.4 Å². The molecule has 0 aromatic carbocycles. The molecule has 2 aromatic rings. The molecule has 0 fully saturated rings. The molecule has 2 aromatic heterocycles. The summed E-state index contributed by atoms with van der Waals surface area (Å²) in [5.74, 6) is 2.76. The molecule has 2 heterocycles. The number of carbonyl (C=O) groups is 2. The van der Waals surface area contributed by atoms with Gasteiger partial charge in [-0.05, 0) is 31.0 Å². The van der Waals surface area contributed by atoms with E-state index in [2.05, 4.69) is 27.1 Å². The number of rotatable bonds is 3. The smallest absolute Gasteiger partial charge is 0.315 e. The highest BCUT2D eigenvalue weighted by atomic mass is 19.4. The summed E-state index contributed by atoms with van der Waals surface area (Å²) in [6.45, 7) is 2.40. The van der Waals surface area contributed by atoms with Gasteiger partial charge < -0.3 is 10.6 Å². The molecule has 0 aliphatic carbocycles. The summed E-state index contributed by atoms with van der Waals surface area (Å²) in [7, 11) is 0. The van der Waals surface area contributed by atoms with Crippen LogP contribution in [-0.2, 0) is 9.59 Å². The van der Waals surface area contributed by atoms with E-state index in [0.717, 1.165) is 13.0 Å². The lowest BCUT2D eigenvalue weighted by Gasteiger charge is -2.14. The molecule has 0 radical (unpaired) electrons. The Morgan fingerprint density at radius 2 is 1.79 bits per heavy atom. The maximum Gasteiger partial charge on any atom is 0.471 e. The van der Waals surface area contributed by atoms with Crippen molar-refractivity contribution < 1.29 is 27.2 Å². The van der Waals surface area contributed by atoms with Crippen LogP contribution in [0.25, 0.3) is 0 Å². The van der Waals surface area contributed by atoms with Crippen LogP contribution in [0.1, 0.15) is 36.8 Å². The quantitative estimate of drug-likeness (QED) is 0.618. The van der Waals surface area contributed by atoms with Crippen LogP contribution in [0.3, 0.4) is 0 Å². The van der Waals surface area contributed by atoms with E-state index in [-0.39, 0.29) is 23.0 Å². The van der Waals surface area contributed by atoms with Crippen molar-refractivity contribution in [3.8, 4) is 11.8 Å². The van der Waals surface area contributed by atoms with Gasteiger partial charge in [0.25, 0.3) is 0 Å². The van der Waals surface area contributed by atoms with Gasteiger partial charge in [-0.3, -0.25) is 9.59 Å². The molecule has 0 saturated carbocycles. The average molecular weight is 394 g/mol. The zero-order chi connectivity index (χ0) is 20.9. The van der Waals surface area contributed by atoms with E-state index >= 15 is 0 Å². The highest BCUT2D eigenvalue weighted by Gasteiger charge is 2.39. The predicted octanol–water partition coefficient (Wildman–Crippen LogP) is 3.37. The Morgan fingerprint density at radius 3 is 2.39 bits per heavy atom. The zero-order valence-corrected chi connectivity index (χ0v) is 14.7. The largest absolute Gasteiger partial charge is 0.471 e. The van der Waals surface area contributed by atoms with Crippen molar-refractivity contribution in [1.82, 2.24) is 9.97 Å². The molecule has 0 bridgehead atoms. The second-order valence-electron chi connectivity index (χ2n) is 5.55. The summed E-state index contributed by atoms with van der Waals surface area (Å²) in [6.07, 6.45) is -4.28. The van der Waals surface area contributed by atoms with Crippen molar-refractivity contribution >= 4 is 23.3 Å². The van der Waals surface area contributed by atoms with Crippen molar-refractivity contribution in [1.29, 1.82) is 0 Å². The highest BCUT2D eigenvalue weighted by molar-refractivity contribution is 5.96. The Labute approximate surface area is 157 Å². The third-order valence-corrected chi connectivity index (χ3v) is 3.30. The zero-order valence-electron chi connectivity index (χ0n) is 14.7. The van der Waals surface area contributed by atoms with Crippen LogP contribution >= 0.6 is 0 Å². The molecule has 6 nitrogen and oxygen atoms in total. The summed E-state index contributed by atoms with van der Waals surface area (Å²) in [5.41, 5.74) is -0.515. The monoisotopic (exact) mass is 394 g/mol. The van der Waals surface area contributed by atoms with E-state index in [4.69, 9.17) is 0 Å². The molecular formula is C18H14F4N4O2. The van der Waals surface area contributed by atoms with Gasteiger partial charge in [-0.15, -0.1) is 0 Å². The molecule has 2 amide bonds. The molecule has 10 heteroatoms. The van der Waals surface area contributed by atoms with Crippen LogP contribution in [0.4, 0.5) is 29.1 Å². The number of hydrogen-bond acceptors (Lipinski definition) is 4. The van der Waals surface area contributed by atoms with Crippen molar-refractivity contribution in [2.75, 3.05) is 10.6 Å². The number of hydrogen-bond donors (Lipinski definition) is 2. The molecule has 28 heavy (non-hydrogen) atoms. The predicted molar refractivity (Wildman–Crippen MR) is 93.0 cm³/mol. The molecule has 0 aliphatic heterocycles. The first kappa shape index (κ1) is 20.8. The van der Waals surface area contributed by atoms with Gasteiger partial charge in [0.1, 0.15) is 17.7 Å². The minimum Gasteiger partial charge on any atom is -0.315 e. The standard InChI is InChI=1S/C18H14F4N4O2/c1-10(19)13-6-8-23-14(16(13)26-17(28)18(20,21)22)4-3-12-5-7-24-15(9-12)25-11(2)27/h5-10H,1-2H3,(H,26,28)(H,24,25,27). The Morgan fingerprint density at radius 1 is 1.11 bits per heavy atom. The first-order valence-electron chi connectivity index (χ1n) is 7.84. The number of anilines is 2. The number of amides is 2. The van der Waals surface area contributed by atoms with Gasteiger partial charge in [0.15, 0.2) is 0 Å². The number of pyridine rings is 2. The van der Waals surface area contributed by atoms with Gasteiger partial charge in [0.2, 0.25) is 5.91 Å². The minimum absolute atomic E-state index is 0.189. The molecule has 146 valence electrons. The van der Waals surface area contributed by atoms with Gasteiger partial charge in [-0.2, -0.15) is 13.2 Å². The molecule has 1 atom stereocenters. The lowest BCUT2D eigenvalue weighted by Crippen LogP contribution is -2.31. The van der Waals surface area contributed by atoms with E-state index in [0.29, 0.717) is 5.56 Å². The maximum absolute atomic E-state index is 13.8. The third kappa shape index (κ3) is 5.51. The molecule has 1 unspecified atom stereocenters.